The lowest BCUT2D eigenvalue weighted by molar-refractivity contribution is -0.130. The van der Waals surface area contributed by atoms with Crippen LogP contribution in [-0.2, 0) is 24.0 Å². The molecule has 160 valence electrons. The summed E-state index contributed by atoms with van der Waals surface area (Å²) in [6, 6.07) is 0. The molecule has 0 aliphatic rings. The third-order valence-corrected chi connectivity index (χ3v) is 4.80. The molecule has 0 fully saturated rings. The van der Waals surface area contributed by atoms with Crippen molar-refractivity contribution < 1.29 is 24.0 Å². The van der Waals surface area contributed by atoms with Gasteiger partial charge in [0.2, 0.25) is 47.6 Å². The Bertz CT molecular complexity index is 587. The van der Waals surface area contributed by atoms with E-state index in [1.54, 1.807) is 20.8 Å². The van der Waals surface area contributed by atoms with Crippen molar-refractivity contribution in [1.29, 1.82) is 0 Å². The lowest BCUT2D eigenvalue weighted by Crippen LogP contribution is -2.50. The molecule has 0 unspecified atom stereocenters. The quantitative estimate of drug-likeness (QED) is 0.293. The summed E-state index contributed by atoms with van der Waals surface area (Å²) in [6.07, 6.45) is 0.180. The van der Waals surface area contributed by atoms with Crippen molar-refractivity contribution in [2.24, 2.45) is 5.41 Å². The van der Waals surface area contributed by atoms with Gasteiger partial charge in [0, 0.05) is 43.1 Å². The van der Waals surface area contributed by atoms with Crippen LogP contribution in [0.15, 0.2) is 0 Å². The molecule has 0 spiro atoms. The van der Waals surface area contributed by atoms with Gasteiger partial charge in [0.1, 0.15) is 5.78 Å². The van der Waals surface area contributed by atoms with E-state index in [1.807, 2.05) is 15.7 Å². The van der Waals surface area contributed by atoms with E-state index in [0.29, 0.717) is 0 Å². The summed E-state index contributed by atoms with van der Waals surface area (Å²) in [4.78, 5) is 59.7. The van der Waals surface area contributed by atoms with Gasteiger partial charge in [-0.15, -0.1) is 0 Å². The minimum absolute atomic E-state index is 0.0429. The van der Waals surface area contributed by atoms with E-state index >= 15 is 0 Å². The highest BCUT2D eigenvalue weighted by Crippen LogP contribution is 2.27. The Kier molecular flexibility index (Phi) is 12.1. The predicted molar refractivity (Wildman–Crippen MR) is 114 cm³/mol. The Balaban J connectivity index is 5.47. The Labute approximate surface area is 181 Å². The first-order valence-corrected chi connectivity index (χ1v) is 9.72. The molecule has 30 heavy (non-hydrogen) atoms. The number of rotatable bonds is 13. The van der Waals surface area contributed by atoms with E-state index in [4.69, 9.17) is 23.9 Å². The second-order valence-electron chi connectivity index (χ2n) is 8.20. The zero-order valence-electron chi connectivity index (χ0n) is 17.9. The van der Waals surface area contributed by atoms with Gasteiger partial charge in [-0.05, 0) is 19.3 Å². The summed E-state index contributed by atoms with van der Waals surface area (Å²) >= 11 is 0. The molecule has 0 heterocycles. The van der Waals surface area contributed by atoms with Gasteiger partial charge in [-0.1, -0.05) is 20.8 Å². The summed E-state index contributed by atoms with van der Waals surface area (Å²) in [5.74, 6) is -1.91. The molecule has 0 aromatic heterocycles. The molecule has 4 N–H and O–H groups in total. The van der Waals surface area contributed by atoms with Crippen molar-refractivity contribution in [1.82, 2.24) is 21.0 Å². The van der Waals surface area contributed by atoms with Crippen LogP contribution in [0.25, 0.3) is 0 Å². The van der Waals surface area contributed by atoms with Gasteiger partial charge in [0.05, 0.1) is 0 Å². The maximum Gasteiger partial charge on any atom is 0.226 e. The van der Waals surface area contributed by atoms with Crippen LogP contribution >= 0.6 is 0 Å². The molecular formula is C18H29B3N4O5. The largest absolute Gasteiger partial charge is 0.409 e. The monoisotopic (exact) mass is 414 g/mol. The number of ketones is 1. The first-order valence-electron chi connectivity index (χ1n) is 9.72. The van der Waals surface area contributed by atoms with Gasteiger partial charge in [-0.2, -0.15) is 0 Å². The Morgan fingerprint density at radius 3 is 1.27 bits per heavy atom. The first kappa shape index (κ1) is 27.7. The van der Waals surface area contributed by atoms with E-state index in [-0.39, 0.29) is 57.1 Å². The molecule has 0 aliphatic heterocycles. The average Bonchev–Trinajstić information content (AvgIpc) is 2.71. The lowest BCUT2D eigenvalue weighted by atomic mass is 9.82. The number of carbonyl (C=O) groups is 5. The number of hydrogen-bond donors (Lipinski definition) is 4. The van der Waals surface area contributed by atoms with Gasteiger partial charge in [-0.25, -0.2) is 0 Å². The normalized spacial score (nSPS) is 11.3. The highest BCUT2D eigenvalue weighted by molar-refractivity contribution is 6.15. The fraction of sp³-hybridized carbons (Fsp3) is 0.722. The first-order chi connectivity index (χ1) is 13.9. The van der Waals surface area contributed by atoms with Gasteiger partial charge >= 0.3 is 0 Å². The van der Waals surface area contributed by atoms with E-state index in [9.17, 15) is 24.0 Å². The van der Waals surface area contributed by atoms with Crippen molar-refractivity contribution in [3.05, 3.63) is 0 Å². The molecule has 0 aliphatic carbocycles. The van der Waals surface area contributed by atoms with Crippen molar-refractivity contribution >= 4 is 53.4 Å². The Hall–Kier alpha value is -2.26. The number of Topliss-reactive ketones (excluding diaryl/α,β-unsaturated/α-hetero) is 1. The van der Waals surface area contributed by atoms with Gasteiger partial charge in [0.15, 0.2) is 0 Å². The molecule has 6 radical (unpaired) electrons. The molecule has 0 rings (SSSR count). The standard InChI is InChI=1S/C18H29B3N4O5/c1-17(2,3)12(26)4-5-13(27)22-18(9-6-14(28)23-19,10-7-15(29)24-20)11-8-16(30)25-21/h4-11H2,1-3H3,(H,22,27)(H,23,28)(H,24,29)(H,25,30). The van der Waals surface area contributed by atoms with Crippen molar-refractivity contribution in [3.63, 3.8) is 0 Å². The van der Waals surface area contributed by atoms with Crippen molar-refractivity contribution in [2.75, 3.05) is 0 Å². The predicted octanol–water partition coefficient (Wildman–Crippen LogP) is -0.823. The summed E-state index contributed by atoms with van der Waals surface area (Å²) in [5.41, 5.74) is -1.65. The van der Waals surface area contributed by atoms with Crippen molar-refractivity contribution in [2.45, 2.75) is 77.7 Å². The molecule has 0 aromatic carbocycles. The summed E-state index contributed by atoms with van der Waals surface area (Å²) in [5, 5.41) is 8.84. The second kappa shape index (κ2) is 13.1. The highest BCUT2D eigenvalue weighted by atomic mass is 16.2. The minimum Gasteiger partial charge on any atom is -0.409 e. The van der Waals surface area contributed by atoms with Crippen LogP contribution in [0.5, 0.6) is 0 Å². The average molecular weight is 414 g/mol. The maximum absolute atomic E-state index is 12.6. The summed E-state index contributed by atoms with van der Waals surface area (Å²) in [7, 11) is 15.4. The molecule has 0 bridgehead atoms. The summed E-state index contributed by atoms with van der Waals surface area (Å²) < 4.78 is 0. The third kappa shape index (κ3) is 11.1. The SMILES string of the molecule is [B]NC(=O)CCC(CCC(=O)N[B])(CCC(=O)N[B])NC(=O)CCC(=O)C(C)(C)C. The Morgan fingerprint density at radius 1 is 0.600 bits per heavy atom. The van der Waals surface area contributed by atoms with Crippen LogP contribution in [0, 0.1) is 5.41 Å². The Morgan fingerprint density at radius 2 is 0.967 bits per heavy atom. The van der Waals surface area contributed by atoms with Gasteiger partial charge in [-0.3, -0.25) is 24.0 Å². The second-order valence-corrected chi connectivity index (χ2v) is 8.20. The minimum atomic E-state index is -1.08. The van der Waals surface area contributed by atoms with Crippen LogP contribution in [-0.4, -0.2) is 58.9 Å². The number of hydrogen-bond acceptors (Lipinski definition) is 5. The van der Waals surface area contributed by atoms with E-state index in [2.05, 4.69) is 5.32 Å². The highest BCUT2D eigenvalue weighted by Gasteiger charge is 2.33. The zero-order chi connectivity index (χ0) is 23.4. The zero-order valence-corrected chi connectivity index (χ0v) is 17.9. The fourth-order valence-electron chi connectivity index (χ4n) is 2.80. The number of carbonyl (C=O) groups excluding carboxylic acids is 5. The van der Waals surface area contributed by atoms with Crippen molar-refractivity contribution in [3.8, 4) is 0 Å². The van der Waals surface area contributed by atoms with Crippen LogP contribution in [0.4, 0.5) is 0 Å². The summed E-state index contributed by atoms with van der Waals surface area (Å²) in [6.45, 7) is 5.29. The van der Waals surface area contributed by atoms with Crippen LogP contribution in [0.1, 0.15) is 72.1 Å². The van der Waals surface area contributed by atoms with Crippen LogP contribution in [0.3, 0.4) is 0 Å². The molecular weight excluding hydrogens is 385 g/mol. The molecule has 12 heteroatoms. The van der Waals surface area contributed by atoms with E-state index in [1.165, 1.54) is 0 Å². The van der Waals surface area contributed by atoms with Gasteiger partial charge in [0.25, 0.3) is 0 Å². The molecule has 9 nitrogen and oxygen atoms in total. The molecule has 0 atom stereocenters. The maximum atomic E-state index is 12.6. The molecule has 0 saturated heterocycles. The van der Waals surface area contributed by atoms with E-state index in [0.717, 1.165) is 0 Å². The fourth-order valence-corrected chi connectivity index (χ4v) is 2.80. The molecule has 0 aromatic rings. The molecule has 0 saturated carbocycles. The van der Waals surface area contributed by atoms with E-state index < -0.39 is 34.6 Å². The lowest BCUT2D eigenvalue weighted by Gasteiger charge is -2.35. The number of amides is 4. The smallest absolute Gasteiger partial charge is 0.226 e. The number of nitrogens with one attached hydrogen (secondary N) is 4. The van der Waals surface area contributed by atoms with Crippen LogP contribution < -0.4 is 21.0 Å². The molecule has 4 amide bonds. The third-order valence-electron chi connectivity index (χ3n) is 4.80. The van der Waals surface area contributed by atoms with Crippen LogP contribution in [0.2, 0.25) is 0 Å². The topological polar surface area (TPSA) is 133 Å². The van der Waals surface area contributed by atoms with Gasteiger partial charge < -0.3 is 21.0 Å².